The molecule has 0 aliphatic carbocycles. The Labute approximate surface area is 76.0 Å². The molecule has 0 unspecified atom stereocenters. The molecule has 0 bridgehead atoms. The number of nitrogens with zero attached hydrogens (tertiary/aromatic N) is 2. The van der Waals surface area contributed by atoms with Gasteiger partial charge in [-0.05, 0) is 11.8 Å². The molecule has 0 amide bonds. The molecule has 1 N–H and O–H groups in total. The summed E-state index contributed by atoms with van der Waals surface area (Å²) < 4.78 is 0. The predicted octanol–water partition coefficient (Wildman–Crippen LogP) is 2.54. The minimum absolute atomic E-state index is 0.693. The molecule has 0 saturated heterocycles. The van der Waals surface area contributed by atoms with Crippen molar-refractivity contribution in [3.05, 3.63) is 15.4 Å². The number of hydrogen-bond donors (Lipinski definition) is 1. The highest BCUT2D eigenvalue weighted by atomic mass is 32.2. The summed E-state index contributed by atoms with van der Waals surface area (Å²) in [5.41, 5.74) is 1.70. The van der Waals surface area contributed by atoms with Crippen molar-refractivity contribution in [2.75, 3.05) is 5.75 Å². The molecular weight excluding hydrogens is 172 g/mol. The maximum Gasteiger partial charge on any atom is 0.323 e. The lowest BCUT2D eigenvalue weighted by molar-refractivity contribution is 0.318. The van der Waals surface area contributed by atoms with Gasteiger partial charge in [0.1, 0.15) is 5.75 Å². The lowest BCUT2D eigenvalue weighted by Crippen LogP contribution is -1.96. The number of thioether (sulfide) groups is 1. The van der Waals surface area contributed by atoms with Gasteiger partial charge in [0, 0.05) is 13.3 Å². The van der Waals surface area contributed by atoms with E-state index in [1.54, 1.807) is 18.7 Å². The molecule has 1 aliphatic heterocycles. The van der Waals surface area contributed by atoms with E-state index in [1.807, 2.05) is 6.92 Å². The van der Waals surface area contributed by atoms with Crippen molar-refractivity contribution in [2.24, 2.45) is 5.16 Å². The van der Waals surface area contributed by atoms with E-state index in [-0.39, 0.29) is 0 Å². The average molecular weight is 183 g/mol. The summed E-state index contributed by atoms with van der Waals surface area (Å²) in [6, 6.07) is 2.88. The Morgan fingerprint density at radius 1 is 1.83 bits per heavy atom. The normalized spacial score (nSPS) is 17.3. The van der Waals surface area contributed by atoms with Crippen molar-refractivity contribution in [3.8, 4) is 6.07 Å². The van der Waals surface area contributed by atoms with Gasteiger partial charge >= 0.3 is 5.70 Å². The fourth-order valence-electron chi connectivity index (χ4n) is 0.884. The van der Waals surface area contributed by atoms with Gasteiger partial charge in [-0.3, -0.25) is 0 Å². The molecule has 1 rings (SSSR count). The second kappa shape index (κ2) is 4.17. The van der Waals surface area contributed by atoms with Crippen LogP contribution in [0.2, 0.25) is 0 Å². The lowest BCUT2D eigenvalue weighted by Gasteiger charge is -2.00. The monoisotopic (exact) mass is 183 g/mol. The zero-order chi connectivity index (χ0) is 8.97. The Morgan fingerprint density at radius 2 is 2.58 bits per heavy atom. The zero-order valence-corrected chi connectivity index (χ0v) is 7.98. The Hall–Kier alpha value is -0.950. The minimum Gasteiger partial charge on any atom is -0.411 e. The molecule has 0 aromatic carbocycles. The van der Waals surface area contributed by atoms with Crippen LogP contribution in [0.4, 0.5) is 0 Å². The first-order valence-corrected chi connectivity index (χ1v) is 4.66. The first-order chi connectivity index (χ1) is 5.74. The van der Waals surface area contributed by atoms with E-state index in [9.17, 15) is 0 Å². The standard InChI is InChI=1S/C8H10N2OS/c1-6(10-11)5-8-7(2)9-3-4-12-8/h4-5H2,1-2H3/p+1/b10-6+. The van der Waals surface area contributed by atoms with Crippen LogP contribution in [0.25, 0.3) is 4.85 Å². The van der Waals surface area contributed by atoms with Gasteiger partial charge in [0.25, 0.3) is 6.07 Å². The van der Waals surface area contributed by atoms with Crippen molar-refractivity contribution in [2.45, 2.75) is 20.3 Å². The molecule has 0 atom stereocenters. The van der Waals surface area contributed by atoms with Crippen LogP contribution in [-0.4, -0.2) is 16.7 Å². The maximum atomic E-state index is 8.46. The van der Waals surface area contributed by atoms with Crippen molar-refractivity contribution >= 4 is 17.5 Å². The fourth-order valence-corrected chi connectivity index (χ4v) is 1.75. The van der Waals surface area contributed by atoms with Crippen LogP contribution in [0.15, 0.2) is 15.8 Å². The van der Waals surface area contributed by atoms with Crippen LogP contribution in [0.3, 0.4) is 0 Å². The largest absolute Gasteiger partial charge is 0.411 e. The molecule has 4 heteroatoms. The van der Waals surface area contributed by atoms with E-state index < -0.39 is 0 Å². The highest BCUT2D eigenvalue weighted by Crippen LogP contribution is 2.27. The molecule has 1 heterocycles. The van der Waals surface area contributed by atoms with E-state index in [4.69, 9.17) is 5.21 Å². The Kier molecular flexibility index (Phi) is 3.18. The molecular formula is C8H11N2OS+. The summed E-state index contributed by atoms with van der Waals surface area (Å²) >= 11 is 1.70. The summed E-state index contributed by atoms with van der Waals surface area (Å²) in [5.74, 6) is 0.797. The summed E-state index contributed by atoms with van der Waals surface area (Å²) in [5, 5.41) is 11.6. The topological polar surface area (TPSA) is 37.0 Å². The second-order valence-electron chi connectivity index (χ2n) is 2.58. The second-order valence-corrected chi connectivity index (χ2v) is 3.65. The highest BCUT2D eigenvalue weighted by molar-refractivity contribution is 8.03. The number of allylic oxidation sites excluding steroid dienone is 2. The molecule has 12 heavy (non-hydrogen) atoms. The summed E-state index contributed by atoms with van der Waals surface area (Å²) in [6.07, 6.45) is 0.693. The number of hydrogen-bond acceptors (Lipinski definition) is 3. The molecule has 0 radical (unpaired) electrons. The van der Waals surface area contributed by atoms with Crippen LogP contribution in [0.1, 0.15) is 20.3 Å². The van der Waals surface area contributed by atoms with Gasteiger partial charge in [0.05, 0.1) is 10.6 Å². The van der Waals surface area contributed by atoms with Crippen LogP contribution in [-0.2, 0) is 0 Å². The Balaban J connectivity index is 2.71. The molecule has 0 saturated carbocycles. The summed E-state index contributed by atoms with van der Waals surface area (Å²) in [7, 11) is 0. The van der Waals surface area contributed by atoms with Crippen molar-refractivity contribution in [1.29, 1.82) is 0 Å². The molecule has 0 aromatic heterocycles. The summed E-state index contributed by atoms with van der Waals surface area (Å²) in [4.78, 5) is 5.24. The van der Waals surface area contributed by atoms with Crippen molar-refractivity contribution in [3.63, 3.8) is 0 Å². The first kappa shape index (κ1) is 9.14. The third-order valence-electron chi connectivity index (χ3n) is 1.55. The van der Waals surface area contributed by atoms with Crippen molar-refractivity contribution < 1.29 is 5.21 Å². The quantitative estimate of drug-likeness (QED) is 0.406. The minimum atomic E-state index is 0.693. The van der Waals surface area contributed by atoms with Crippen LogP contribution in [0.5, 0.6) is 0 Å². The first-order valence-electron chi connectivity index (χ1n) is 3.67. The van der Waals surface area contributed by atoms with Gasteiger partial charge in [-0.1, -0.05) is 5.16 Å². The van der Waals surface area contributed by atoms with Crippen LogP contribution in [0, 0.1) is 6.07 Å². The Morgan fingerprint density at radius 3 is 3.17 bits per heavy atom. The Bertz CT molecular complexity index is 296. The van der Waals surface area contributed by atoms with E-state index >= 15 is 0 Å². The van der Waals surface area contributed by atoms with E-state index in [1.165, 1.54) is 4.91 Å². The van der Waals surface area contributed by atoms with Gasteiger partial charge in [0.2, 0.25) is 0 Å². The molecule has 64 valence electrons. The predicted molar refractivity (Wildman–Crippen MR) is 51.9 cm³/mol. The smallest absolute Gasteiger partial charge is 0.323 e. The molecule has 3 nitrogen and oxygen atoms in total. The maximum absolute atomic E-state index is 8.46. The SMILES string of the molecule is CC1=C(C/C(C)=N/O)SCC#[N+]1. The van der Waals surface area contributed by atoms with Gasteiger partial charge < -0.3 is 5.21 Å². The lowest BCUT2D eigenvalue weighted by atomic mass is 10.2. The molecule has 0 aromatic rings. The van der Waals surface area contributed by atoms with Gasteiger partial charge in [-0.15, -0.1) is 11.8 Å². The van der Waals surface area contributed by atoms with E-state index in [0.29, 0.717) is 12.1 Å². The zero-order valence-electron chi connectivity index (χ0n) is 7.16. The average Bonchev–Trinajstić information content (AvgIpc) is 2.09. The van der Waals surface area contributed by atoms with E-state index in [0.717, 1.165) is 11.4 Å². The summed E-state index contributed by atoms with van der Waals surface area (Å²) in [6.45, 7) is 3.74. The fraction of sp³-hybridized carbons (Fsp3) is 0.500. The third kappa shape index (κ3) is 2.28. The van der Waals surface area contributed by atoms with Crippen molar-refractivity contribution in [1.82, 2.24) is 0 Å². The van der Waals surface area contributed by atoms with Crippen LogP contribution >= 0.6 is 11.8 Å². The highest BCUT2D eigenvalue weighted by Gasteiger charge is 2.16. The third-order valence-corrected chi connectivity index (χ3v) is 2.61. The molecule has 1 aliphatic rings. The van der Waals surface area contributed by atoms with Gasteiger partial charge in [0.15, 0.2) is 0 Å². The number of rotatable bonds is 2. The van der Waals surface area contributed by atoms with Gasteiger partial charge in [-0.25, -0.2) is 0 Å². The van der Waals surface area contributed by atoms with Crippen LogP contribution < -0.4 is 0 Å². The van der Waals surface area contributed by atoms with Gasteiger partial charge in [-0.2, -0.15) is 0 Å². The van der Waals surface area contributed by atoms with E-state index in [2.05, 4.69) is 16.1 Å². The number of oxime groups is 1. The molecule has 0 fully saturated rings. The molecule has 0 spiro atoms.